The minimum Gasteiger partial charge on any atom is -0.476 e. The SMILES string of the molecule is COCCN(C)CCOc1cc(C(F)(F)F)nc(/C(C(N)=O)=C2/Nc3ccccc3S2)n1. The van der Waals surface area contributed by atoms with E-state index in [0.717, 1.165) is 16.7 Å². The van der Waals surface area contributed by atoms with Gasteiger partial charge in [-0.3, -0.25) is 4.79 Å². The number of alkyl halides is 3. The number of carbonyl (C=O) groups is 1. The number of primary amides is 1. The Balaban J connectivity index is 1.91. The number of carbonyl (C=O) groups excluding carboxylic acids is 1. The fraction of sp³-hybridized carbons (Fsp3) is 0.350. The van der Waals surface area contributed by atoms with Crippen molar-refractivity contribution in [2.24, 2.45) is 5.73 Å². The first-order valence-corrected chi connectivity index (χ1v) is 10.4. The number of fused-ring (bicyclic) bond motifs is 1. The second-order valence-corrected chi connectivity index (χ2v) is 7.90. The molecule has 0 fully saturated rings. The summed E-state index contributed by atoms with van der Waals surface area (Å²) in [4.78, 5) is 22.5. The Morgan fingerprint density at radius 1 is 1.22 bits per heavy atom. The molecule has 1 aliphatic rings. The maximum absolute atomic E-state index is 13.5. The van der Waals surface area contributed by atoms with E-state index in [2.05, 4.69) is 15.3 Å². The fourth-order valence-electron chi connectivity index (χ4n) is 2.77. The number of nitrogens with one attached hydrogen (secondary N) is 1. The van der Waals surface area contributed by atoms with Crippen molar-refractivity contribution in [3.63, 3.8) is 0 Å². The fourth-order valence-corrected chi connectivity index (χ4v) is 3.83. The first-order chi connectivity index (χ1) is 15.2. The summed E-state index contributed by atoms with van der Waals surface area (Å²) in [5.74, 6) is -1.72. The Morgan fingerprint density at radius 2 is 1.94 bits per heavy atom. The second-order valence-electron chi connectivity index (χ2n) is 6.85. The van der Waals surface area contributed by atoms with Gasteiger partial charge in [0.15, 0.2) is 11.5 Å². The second kappa shape index (κ2) is 10.2. The number of nitrogens with two attached hydrogens (primary N) is 1. The predicted molar refractivity (Wildman–Crippen MR) is 114 cm³/mol. The molecule has 2 aromatic rings. The lowest BCUT2D eigenvalue weighted by Crippen LogP contribution is -2.28. The number of anilines is 1. The van der Waals surface area contributed by atoms with E-state index in [0.29, 0.717) is 31.5 Å². The molecule has 12 heteroatoms. The number of ether oxygens (including phenoxy) is 2. The molecule has 3 rings (SSSR count). The van der Waals surface area contributed by atoms with E-state index in [9.17, 15) is 18.0 Å². The number of amides is 1. The number of benzene rings is 1. The lowest BCUT2D eigenvalue weighted by Gasteiger charge is -2.17. The van der Waals surface area contributed by atoms with Gasteiger partial charge in [-0.1, -0.05) is 23.9 Å². The van der Waals surface area contributed by atoms with Crippen LogP contribution in [0.2, 0.25) is 0 Å². The molecular weight excluding hydrogens is 447 g/mol. The standard InChI is InChI=1S/C20H22F3N5O3S/c1-28(7-9-30-2)8-10-31-15-11-14(20(21,22)23)26-18(27-15)16(17(24)29)19-25-12-5-3-4-6-13(12)32-19/h3-6,11,25H,7-10H2,1-2H3,(H2,24,29)/b19-16-. The lowest BCUT2D eigenvalue weighted by atomic mass is 10.2. The van der Waals surface area contributed by atoms with Crippen LogP contribution < -0.4 is 15.8 Å². The summed E-state index contributed by atoms with van der Waals surface area (Å²) in [5.41, 5.74) is 4.73. The average Bonchev–Trinajstić information content (AvgIpc) is 3.14. The van der Waals surface area contributed by atoms with Crippen LogP contribution in [0, 0.1) is 0 Å². The predicted octanol–water partition coefficient (Wildman–Crippen LogP) is 2.82. The van der Waals surface area contributed by atoms with Gasteiger partial charge in [-0.2, -0.15) is 18.2 Å². The van der Waals surface area contributed by atoms with E-state index in [-0.39, 0.29) is 23.1 Å². The van der Waals surface area contributed by atoms with Gasteiger partial charge in [0, 0.05) is 31.2 Å². The zero-order chi connectivity index (χ0) is 23.3. The van der Waals surface area contributed by atoms with Gasteiger partial charge in [0.2, 0.25) is 5.88 Å². The van der Waals surface area contributed by atoms with E-state index in [1.54, 1.807) is 31.4 Å². The van der Waals surface area contributed by atoms with Crippen molar-refractivity contribution < 1.29 is 27.4 Å². The van der Waals surface area contributed by atoms with Gasteiger partial charge < -0.3 is 25.4 Å². The van der Waals surface area contributed by atoms with Crippen molar-refractivity contribution in [3.05, 3.63) is 46.9 Å². The smallest absolute Gasteiger partial charge is 0.433 e. The number of hydrogen-bond donors (Lipinski definition) is 2. The largest absolute Gasteiger partial charge is 0.476 e. The van der Waals surface area contributed by atoms with Gasteiger partial charge in [0.25, 0.3) is 5.91 Å². The van der Waals surface area contributed by atoms with Crippen LogP contribution in [0.1, 0.15) is 11.5 Å². The van der Waals surface area contributed by atoms with E-state index in [1.165, 1.54) is 0 Å². The van der Waals surface area contributed by atoms with Gasteiger partial charge in [-0.15, -0.1) is 0 Å². The molecule has 8 nitrogen and oxygen atoms in total. The minimum atomic E-state index is -4.77. The van der Waals surface area contributed by atoms with Crippen LogP contribution in [0.5, 0.6) is 5.88 Å². The number of para-hydroxylation sites is 1. The molecule has 0 unspecified atom stereocenters. The van der Waals surface area contributed by atoms with Crippen molar-refractivity contribution in [1.29, 1.82) is 0 Å². The maximum atomic E-state index is 13.5. The number of halogens is 3. The van der Waals surface area contributed by atoms with Gasteiger partial charge in [-0.05, 0) is 19.2 Å². The molecule has 0 saturated carbocycles. The molecule has 2 heterocycles. The maximum Gasteiger partial charge on any atom is 0.433 e. The Hall–Kier alpha value is -2.83. The molecule has 1 aromatic carbocycles. The van der Waals surface area contributed by atoms with Crippen LogP contribution >= 0.6 is 11.8 Å². The molecule has 0 radical (unpaired) electrons. The summed E-state index contributed by atoms with van der Waals surface area (Å²) >= 11 is 1.16. The third kappa shape index (κ3) is 5.90. The number of hydrogen-bond acceptors (Lipinski definition) is 8. The van der Waals surface area contributed by atoms with Crippen molar-refractivity contribution in [2.75, 3.05) is 45.8 Å². The Bertz CT molecular complexity index is 989. The molecule has 1 amide bonds. The summed E-state index contributed by atoms with van der Waals surface area (Å²) in [6, 6.07) is 7.87. The highest BCUT2D eigenvalue weighted by molar-refractivity contribution is 8.04. The molecule has 0 atom stereocenters. The van der Waals surface area contributed by atoms with E-state index in [1.807, 2.05) is 11.9 Å². The van der Waals surface area contributed by atoms with Crippen LogP contribution in [0.15, 0.2) is 40.3 Å². The van der Waals surface area contributed by atoms with Crippen LogP contribution in [0.3, 0.4) is 0 Å². The number of nitrogens with zero attached hydrogens (tertiary/aromatic N) is 3. The first kappa shape index (κ1) is 23.8. The highest BCUT2D eigenvalue weighted by Gasteiger charge is 2.35. The number of methoxy groups -OCH3 is 1. The summed E-state index contributed by atoms with van der Waals surface area (Å²) in [6.07, 6.45) is -4.77. The van der Waals surface area contributed by atoms with Gasteiger partial charge in [0.05, 0.1) is 17.3 Å². The van der Waals surface area contributed by atoms with Gasteiger partial charge >= 0.3 is 6.18 Å². The van der Waals surface area contributed by atoms with E-state index >= 15 is 0 Å². The van der Waals surface area contributed by atoms with Crippen molar-refractivity contribution >= 4 is 28.9 Å². The quantitative estimate of drug-likeness (QED) is 0.541. The van der Waals surface area contributed by atoms with Crippen molar-refractivity contribution in [2.45, 2.75) is 11.1 Å². The zero-order valence-electron chi connectivity index (χ0n) is 17.4. The number of thioether (sulfide) groups is 1. The molecular formula is C20H22F3N5O3S. The van der Waals surface area contributed by atoms with Crippen LogP contribution in [-0.4, -0.2) is 61.2 Å². The number of rotatable bonds is 9. The summed E-state index contributed by atoms with van der Waals surface area (Å²) in [6.45, 7) is 1.65. The Labute approximate surface area is 187 Å². The van der Waals surface area contributed by atoms with Gasteiger partial charge in [-0.25, -0.2) is 4.98 Å². The third-order valence-corrected chi connectivity index (χ3v) is 5.52. The van der Waals surface area contributed by atoms with Crippen molar-refractivity contribution in [1.82, 2.24) is 14.9 Å². The third-order valence-electron chi connectivity index (χ3n) is 4.44. The Morgan fingerprint density at radius 3 is 2.59 bits per heavy atom. The highest BCUT2D eigenvalue weighted by Crippen LogP contribution is 2.43. The summed E-state index contributed by atoms with van der Waals surface area (Å²) in [7, 11) is 3.40. The Kier molecular flexibility index (Phi) is 7.59. The normalized spacial score (nSPS) is 14.8. The number of likely N-dealkylation sites (N-methyl/N-ethyl adjacent to an activating group) is 1. The number of aromatic nitrogens is 2. The molecule has 32 heavy (non-hydrogen) atoms. The molecule has 0 spiro atoms. The monoisotopic (exact) mass is 469 g/mol. The molecule has 172 valence electrons. The molecule has 1 aromatic heterocycles. The van der Waals surface area contributed by atoms with E-state index in [4.69, 9.17) is 15.2 Å². The first-order valence-electron chi connectivity index (χ1n) is 9.54. The van der Waals surface area contributed by atoms with Crippen molar-refractivity contribution in [3.8, 4) is 5.88 Å². The topological polar surface area (TPSA) is 103 Å². The lowest BCUT2D eigenvalue weighted by molar-refractivity contribution is -0.141. The van der Waals surface area contributed by atoms with Gasteiger partial charge in [0.1, 0.15) is 12.2 Å². The summed E-state index contributed by atoms with van der Waals surface area (Å²) in [5, 5.41) is 3.24. The molecule has 0 aliphatic carbocycles. The van der Waals surface area contributed by atoms with E-state index < -0.39 is 23.6 Å². The molecule has 3 N–H and O–H groups in total. The molecule has 0 bridgehead atoms. The zero-order valence-corrected chi connectivity index (χ0v) is 18.2. The summed E-state index contributed by atoms with van der Waals surface area (Å²) < 4.78 is 50.9. The molecule has 0 saturated heterocycles. The molecule has 1 aliphatic heterocycles. The minimum absolute atomic E-state index is 0.0783. The highest BCUT2D eigenvalue weighted by atomic mass is 32.2. The average molecular weight is 469 g/mol. The van der Waals surface area contributed by atoms with Crippen LogP contribution in [0.25, 0.3) is 5.57 Å². The van der Waals surface area contributed by atoms with Crippen LogP contribution in [-0.2, 0) is 15.7 Å². The van der Waals surface area contributed by atoms with Crippen LogP contribution in [0.4, 0.5) is 18.9 Å².